The van der Waals surface area contributed by atoms with Crippen molar-refractivity contribution in [1.82, 2.24) is 9.97 Å². The predicted octanol–water partition coefficient (Wildman–Crippen LogP) is 5.89. The van der Waals surface area contributed by atoms with Crippen LogP contribution in [0.3, 0.4) is 0 Å². The summed E-state index contributed by atoms with van der Waals surface area (Å²) in [6, 6.07) is 6.56. The smallest absolute Gasteiger partial charge is 0.405 e. The van der Waals surface area contributed by atoms with Crippen molar-refractivity contribution in [2.45, 2.75) is 60.0 Å². The van der Waals surface area contributed by atoms with Gasteiger partial charge in [0.15, 0.2) is 0 Å². The van der Waals surface area contributed by atoms with E-state index in [4.69, 9.17) is 10.5 Å². The van der Waals surface area contributed by atoms with Crippen LogP contribution in [0.1, 0.15) is 65.6 Å². The highest BCUT2D eigenvalue weighted by Crippen LogP contribution is 2.27. The number of amides is 1. The molecule has 2 heterocycles. The summed E-state index contributed by atoms with van der Waals surface area (Å²) in [7, 11) is 0. The Morgan fingerprint density at radius 3 is 2.33 bits per heavy atom. The third-order valence-corrected chi connectivity index (χ3v) is 4.09. The Balaban J connectivity index is 0.000000582. The molecule has 0 aliphatic heterocycles. The lowest BCUT2D eigenvalue weighted by Crippen LogP contribution is -2.27. The van der Waals surface area contributed by atoms with Gasteiger partial charge in [-0.2, -0.15) is 5.26 Å². The van der Waals surface area contributed by atoms with E-state index in [0.717, 1.165) is 6.42 Å². The molecule has 0 spiro atoms. The van der Waals surface area contributed by atoms with E-state index in [-0.39, 0.29) is 17.1 Å². The molecule has 2 aromatic rings. The Bertz CT molecular complexity index is 953. The number of nitrogens with two attached hydrogens (primary N) is 1. The maximum atomic E-state index is 12.8. The van der Waals surface area contributed by atoms with Crippen molar-refractivity contribution in [1.29, 1.82) is 5.26 Å². The van der Waals surface area contributed by atoms with E-state index in [1.165, 1.54) is 18.5 Å². The van der Waals surface area contributed by atoms with Crippen molar-refractivity contribution in [3.8, 4) is 23.1 Å². The van der Waals surface area contributed by atoms with Crippen molar-refractivity contribution in [2.75, 3.05) is 6.61 Å². The summed E-state index contributed by atoms with van der Waals surface area (Å²) in [5.41, 5.74) is 5.35. The molecule has 9 heteroatoms. The first-order chi connectivity index (χ1) is 15.3. The first-order valence-corrected chi connectivity index (χ1v) is 10.6. The number of nitriles is 1. The van der Waals surface area contributed by atoms with Gasteiger partial charge in [-0.05, 0) is 62.8 Å². The molecule has 1 unspecified atom stereocenters. The number of primary amides is 1. The molecule has 0 radical (unpaired) electrons. The highest BCUT2D eigenvalue weighted by molar-refractivity contribution is 5.65. The van der Waals surface area contributed by atoms with Gasteiger partial charge in [-0.25, -0.2) is 18.6 Å². The van der Waals surface area contributed by atoms with Gasteiger partial charge >= 0.3 is 6.09 Å². The van der Waals surface area contributed by atoms with Crippen LogP contribution in [0.25, 0.3) is 11.1 Å². The van der Waals surface area contributed by atoms with Gasteiger partial charge in [-0.1, -0.05) is 20.8 Å². The number of hydrogen-bond acceptors (Lipinski definition) is 6. The van der Waals surface area contributed by atoms with Gasteiger partial charge in [-0.3, -0.25) is 4.98 Å². The van der Waals surface area contributed by atoms with E-state index in [9.17, 15) is 18.8 Å². The average molecular weight is 463 g/mol. The van der Waals surface area contributed by atoms with Gasteiger partial charge in [0.1, 0.15) is 22.9 Å². The zero-order valence-corrected chi connectivity index (χ0v) is 19.9. The molecule has 0 aliphatic carbocycles. The van der Waals surface area contributed by atoms with Crippen LogP contribution in [0.15, 0.2) is 30.6 Å². The molecular weight excluding hydrogens is 430 g/mol. The Labute approximate surface area is 193 Å². The predicted molar refractivity (Wildman–Crippen MR) is 122 cm³/mol. The normalized spacial score (nSPS) is 11.9. The quantitative estimate of drug-likeness (QED) is 0.549. The number of rotatable bonds is 7. The van der Waals surface area contributed by atoms with Crippen LogP contribution < -0.4 is 10.5 Å². The third kappa shape index (κ3) is 10.7. The van der Waals surface area contributed by atoms with Crippen LogP contribution in [0.5, 0.6) is 5.88 Å². The van der Waals surface area contributed by atoms with Crippen LogP contribution in [0, 0.1) is 23.2 Å². The number of aromatic nitrogens is 2. The fraction of sp³-hybridized carbons (Fsp3) is 0.500. The van der Waals surface area contributed by atoms with Gasteiger partial charge in [-0.15, -0.1) is 0 Å². The van der Waals surface area contributed by atoms with E-state index in [0.29, 0.717) is 29.6 Å². The van der Waals surface area contributed by atoms with E-state index in [2.05, 4.69) is 41.5 Å². The van der Waals surface area contributed by atoms with Crippen LogP contribution in [-0.4, -0.2) is 28.3 Å². The van der Waals surface area contributed by atoms with E-state index < -0.39 is 18.1 Å². The summed E-state index contributed by atoms with van der Waals surface area (Å²) in [6.45, 7) is 12.1. The fourth-order valence-electron chi connectivity index (χ4n) is 2.95. The molecule has 0 bridgehead atoms. The average Bonchev–Trinajstić information content (AvgIpc) is 2.70. The number of pyridine rings is 2. The Kier molecular flexibility index (Phi) is 10.7. The number of hydrogen-bond donors (Lipinski definition) is 1. The van der Waals surface area contributed by atoms with Crippen molar-refractivity contribution < 1.29 is 23.0 Å². The lowest BCUT2D eigenvalue weighted by atomic mass is 10.00. The monoisotopic (exact) mass is 462 g/mol. The molecule has 0 saturated heterocycles. The number of carbonyl (C=O) groups excluding carboxylic acids is 1. The van der Waals surface area contributed by atoms with E-state index in [1.807, 2.05) is 0 Å². The summed E-state index contributed by atoms with van der Waals surface area (Å²) in [4.78, 5) is 17.9. The van der Waals surface area contributed by atoms with Crippen molar-refractivity contribution in [3.05, 3.63) is 41.9 Å². The number of halogens is 2. The van der Waals surface area contributed by atoms with Gasteiger partial charge in [0.2, 0.25) is 5.88 Å². The van der Waals surface area contributed by atoms with Gasteiger partial charge in [0.25, 0.3) is 6.43 Å². The SMILES string of the molecule is CC(C)(C)OC(N)=O.CC(C)CC(C)COc1ncc(-c2ccnc(C(F)F)c2)cc1C#N. The molecule has 7 nitrogen and oxygen atoms in total. The highest BCUT2D eigenvalue weighted by atomic mass is 19.3. The molecule has 0 saturated carbocycles. The topological polar surface area (TPSA) is 111 Å². The third-order valence-electron chi connectivity index (χ3n) is 4.09. The minimum atomic E-state index is -2.65. The first-order valence-electron chi connectivity index (χ1n) is 10.6. The second kappa shape index (κ2) is 12.7. The molecule has 180 valence electrons. The number of ether oxygens (including phenoxy) is 2. The molecule has 2 rings (SSSR count). The summed E-state index contributed by atoms with van der Waals surface area (Å²) in [6.07, 6.45) is 0.494. The lowest BCUT2D eigenvalue weighted by molar-refractivity contribution is 0.0600. The van der Waals surface area contributed by atoms with Gasteiger partial charge in [0.05, 0.1) is 6.61 Å². The molecule has 2 aromatic heterocycles. The molecule has 0 aliphatic rings. The maximum Gasteiger partial charge on any atom is 0.405 e. The van der Waals surface area contributed by atoms with Crippen LogP contribution >= 0.6 is 0 Å². The highest BCUT2D eigenvalue weighted by Gasteiger charge is 2.14. The Morgan fingerprint density at radius 1 is 1.18 bits per heavy atom. The lowest BCUT2D eigenvalue weighted by Gasteiger charge is -2.16. The summed E-state index contributed by atoms with van der Waals surface area (Å²) in [5, 5.41) is 9.34. The summed E-state index contributed by atoms with van der Waals surface area (Å²) in [5.74, 6) is 1.19. The number of alkyl halides is 2. The first kappa shape index (κ1) is 27.8. The minimum absolute atomic E-state index is 0.269. The number of nitrogens with zero attached hydrogens (tertiary/aromatic N) is 3. The molecule has 33 heavy (non-hydrogen) atoms. The van der Waals surface area contributed by atoms with E-state index >= 15 is 0 Å². The van der Waals surface area contributed by atoms with Crippen LogP contribution in [0.4, 0.5) is 13.6 Å². The molecule has 2 N–H and O–H groups in total. The molecule has 0 aromatic carbocycles. The molecule has 1 atom stereocenters. The summed E-state index contributed by atoms with van der Waals surface area (Å²) >= 11 is 0. The second-order valence-electron chi connectivity index (χ2n) is 9.04. The minimum Gasteiger partial charge on any atom is -0.476 e. The standard InChI is InChI=1S/C19H21F2N3O.C5H11NO2/c1-12(2)6-13(3)11-25-19-15(9-22)7-16(10-24-19)14-4-5-23-17(8-14)18(20)21;1-5(2,3)8-4(6)7/h4-5,7-8,10,12-13,18H,6,11H2,1-3H3;1-3H3,(H2,6,7). The molecule has 0 fully saturated rings. The van der Waals surface area contributed by atoms with Crippen LogP contribution in [-0.2, 0) is 4.74 Å². The van der Waals surface area contributed by atoms with Crippen molar-refractivity contribution >= 4 is 6.09 Å². The zero-order chi connectivity index (χ0) is 25.2. The van der Waals surface area contributed by atoms with E-state index in [1.54, 1.807) is 32.9 Å². The van der Waals surface area contributed by atoms with Crippen molar-refractivity contribution in [2.24, 2.45) is 17.6 Å². The second-order valence-corrected chi connectivity index (χ2v) is 9.04. The largest absolute Gasteiger partial charge is 0.476 e. The summed E-state index contributed by atoms with van der Waals surface area (Å²) < 4.78 is 35.8. The maximum absolute atomic E-state index is 12.8. The van der Waals surface area contributed by atoms with Crippen molar-refractivity contribution in [3.63, 3.8) is 0 Å². The Morgan fingerprint density at radius 2 is 1.85 bits per heavy atom. The zero-order valence-electron chi connectivity index (χ0n) is 19.9. The Hall–Kier alpha value is -3.28. The molecular formula is C24H32F2N4O3. The fourth-order valence-corrected chi connectivity index (χ4v) is 2.95. The number of carbonyl (C=O) groups is 1. The van der Waals surface area contributed by atoms with Gasteiger partial charge in [0, 0.05) is 18.0 Å². The van der Waals surface area contributed by atoms with Crippen LogP contribution in [0.2, 0.25) is 0 Å². The molecule has 1 amide bonds. The van der Waals surface area contributed by atoms with Gasteiger partial charge < -0.3 is 15.2 Å².